The van der Waals surface area contributed by atoms with E-state index in [-0.39, 0.29) is 30.8 Å². The highest BCUT2D eigenvalue weighted by Crippen LogP contribution is 2.30. The van der Waals surface area contributed by atoms with Crippen LogP contribution in [0.3, 0.4) is 0 Å². The summed E-state index contributed by atoms with van der Waals surface area (Å²) in [6.07, 6.45) is 4.30. The Kier molecular flexibility index (Phi) is 10.0. The van der Waals surface area contributed by atoms with E-state index in [4.69, 9.17) is 17.2 Å². The molecule has 37 heavy (non-hydrogen) atoms. The Morgan fingerprint density at radius 1 is 1.00 bits per heavy atom. The molecule has 0 heterocycles. The third-order valence-electron chi connectivity index (χ3n) is 6.71. The van der Waals surface area contributed by atoms with Gasteiger partial charge < -0.3 is 32.9 Å². The zero-order chi connectivity index (χ0) is 26.8. The van der Waals surface area contributed by atoms with Crippen LogP contribution in [0, 0.1) is 11.8 Å². The van der Waals surface area contributed by atoms with Gasteiger partial charge in [0.05, 0.1) is 0 Å². The summed E-state index contributed by atoms with van der Waals surface area (Å²) in [5.41, 5.74) is 19.1. The summed E-state index contributed by atoms with van der Waals surface area (Å²) in [5, 5.41) is 15.0. The number of hydrogen-bond acceptors (Lipinski definition) is 5. The monoisotopic (exact) mass is 508 g/mol. The van der Waals surface area contributed by atoms with E-state index in [9.17, 15) is 19.5 Å². The highest BCUT2D eigenvalue weighted by molar-refractivity contribution is 5.97. The minimum atomic E-state index is -1.12. The molecule has 0 bridgehead atoms. The predicted molar refractivity (Wildman–Crippen MR) is 144 cm³/mol. The van der Waals surface area contributed by atoms with E-state index in [2.05, 4.69) is 15.6 Å². The minimum Gasteiger partial charge on any atom is -0.480 e. The van der Waals surface area contributed by atoms with Crippen molar-refractivity contribution in [1.82, 2.24) is 5.32 Å². The molecule has 0 radical (unpaired) electrons. The van der Waals surface area contributed by atoms with Gasteiger partial charge in [0.2, 0.25) is 5.91 Å². The molecule has 0 aliphatic heterocycles. The molecule has 2 aromatic carbocycles. The number of nitrogens with zero attached hydrogens (tertiary/aromatic N) is 1. The fourth-order valence-corrected chi connectivity index (χ4v) is 4.50. The second kappa shape index (κ2) is 13.4. The second-order valence-electron chi connectivity index (χ2n) is 9.41. The van der Waals surface area contributed by atoms with Crippen molar-refractivity contribution >= 4 is 29.4 Å². The van der Waals surface area contributed by atoms with E-state index in [0.717, 1.165) is 42.5 Å². The van der Waals surface area contributed by atoms with Crippen molar-refractivity contribution in [3.8, 4) is 11.1 Å². The van der Waals surface area contributed by atoms with E-state index < -0.39 is 17.9 Å². The molecule has 1 saturated carbocycles. The van der Waals surface area contributed by atoms with E-state index >= 15 is 0 Å². The molecule has 0 unspecified atom stereocenters. The van der Waals surface area contributed by atoms with Gasteiger partial charge >= 0.3 is 5.97 Å². The lowest BCUT2D eigenvalue weighted by atomic mass is 9.81. The van der Waals surface area contributed by atoms with Gasteiger partial charge in [-0.3, -0.25) is 14.6 Å². The molecule has 0 spiro atoms. The van der Waals surface area contributed by atoms with Crippen molar-refractivity contribution in [2.24, 2.45) is 34.0 Å². The molecule has 1 atom stereocenters. The smallest absolute Gasteiger partial charge is 0.326 e. The van der Waals surface area contributed by atoms with Crippen LogP contribution in [0.25, 0.3) is 11.1 Å². The molecule has 1 fully saturated rings. The summed E-state index contributed by atoms with van der Waals surface area (Å²) in [6, 6.07) is 13.4. The summed E-state index contributed by atoms with van der Waals surface area (Å²) in [7, 11) is 0. The normalized spacial score (nSPS) is 17.9. The van der Waals surface area contributed by atoms with Crippen LogP contribution in [0.2, 0.25) is 0 Å². The molecule has 9 N–H and O–H groups in total. The van der Waals surface area contributed by atoms with Gasteiger partial charge in [0.1, 0.15) is 6.04 Å². The number of carboxylic acid groups (broad SMARTS) is 1. The average molecular weight is 509 g/mol. The highest BCUT2D eigenvalue weighted by atomic mass is 16.4. The van der Waals surface area contributed by atoms with Crippen LogP contribution in [0.1, 0.15) is 48.9 Å². The summed E-state index contributed by atoms with van der Waals surface area (Å²) in [4.78, 5) is 40.7. The Bertz CT molecular complexity index is 1110. The van der Waals surface area contributed by atoms with Crippen molar-refractivity contribution in [3.63, 3.8) is 0 Å². The highest BCUT2D eigenvalue weighted by Gasteiger charge is 2.25. The van der Waals surface area contributed by atoms with E-state index in [1.54, 1.807) is 24.3 Å². The van der Waals surface area contributed by atoms with Gasteiger partial charge in [-0.05, 0) is 86.4 Å². The predicted octanol–water partition coefficient (Wildman–Crippen LogP) is 2.29. The molecule has 1 aliphatic carbocycles. The van der Waals surface area contributed by atoms with Gasteiger partial charge in [-0.25, -0.2) is 4.79 Å². The number of hydrogen-bond donors (Lipinski definition) is 6. The standard InChI is InChI=1S/C27H36N6O4/c28-16-17-6-8-19(9-7-17)24(34)32-22-4-1-3-21(15-22)18-10-12-20(13-11-18)25(35)33-23(26(36)37)5-2-14-31-27(29)30/h1,3-4,10-13,15,17,19,23H,2,5-9,14,16,28H2,(H,32,34)(H,33,35)(H,36,37)(H4,29,30,31)/t17?,19?,23-/m0/s1. The lowest BCUT2D eigenvalue weighted by Crippen LogP contribution is -2.40. The molecule has 0 saturated heterocycles. The molecular formula is C27H36N6O4. The lowest BCUT2D eigenvalue weighted by molar-refractivity contribution is -0.139. The Morgan fingerprint density at radius 2 is 1.70 bits per heavy atom. The molecule has 0 aromatic heterocycles. The van der Waals surface area contributed by atoms with Crippen LogP contribution in [0.5, 0.6) is 0 Å². The van der Waals surface area contributed by atoms with Gasteiger partial charge in [-0.1, -0.05) is 24.3 Å². The first-order valence-corrected chi connectivity index (χ1v) is 12.6. The van der Waals surface area contributed by atoms with Crippen LogP contribution in [-0.4, -0.2) is 48.0 Å². The number of guanidine groups is 1. The quantitative estimate of drug-likeness (QED) is 0.153. The number of carbonyl (C=O) groups excluding carboxylic acids is 2. The maximum Gasteiger partial charge on any atom is 0.326 e. The van der Waals surface area contributed by atoms with Crippen LogP contribution in [0.15, 0.2) is 53.5 Å². The maximum atomic E-state index is 12.7. The van der Waals surface area contributed by atoms with Crippen molar-refractivity contribution in [2.45, 2.75) is 44.6 Å². The Labute approximate surface area is 216 Å². The van der Waals surface area contributed by atoms with Crippen LogP contribution in [0.4, 0.5) is 5.69 Å². The van der Waals surface area contributed by atoms with Gasteiger partial charge in [-0.2, -0.15) is 0 Å². The van der Waals surface area contributed by atoms with Crippen molar-refractivity contribution in [1.29, 1.82) is 0 Å². The van der Waals surface area contributed by atoms with Crippen LogP contribution < -0.4 is 27.8 Å². The van der Waals surface area contributed by atoms with Gasteiger partial charge in [0.15, 0.2) is 5.96 Å². The average Bonchev–Trinajstić information content (AvgIpc) is 2.90. The third kappa shape index (κ3) is 8.32. The fourth-order valence-electron chi connectivity index (χ4n) is 4.50. The molecular weight excluding hydrogens is 472 g/mol. The van der Waals surface area contributed by atoms with Crippen molar-refractivity contribution in [2.75, 3.05) is 18.4 Å². The molecule has 2 aromatic rings. The number of benzene rings is 2. The van der Waals surface area contributed by atoms with Crippen molar-refractivity contribution < 1.29 is 19.5 Å². The summed E-state index contributed by atoms with van der Waals surface area (Å²) in [5.74, 6) is -1.11. The third-order valence-corrected chi connectivity index (χ3v) is 6.71. The van der Waals surface area contributed by atoms with Gasteiger partial charge in [0.25, 0.3) is 5.91 Å². The van der Waals surface area contributed by atoms with Gasteiger partial charge in [-0.15, -0.1) is 0 Å². The zero-order valence-electron chi connectivity index (χ0n) is 20.9. The number of rotatable bonds is 11. The number of nitrogens with two attached hydrogens (primary N) is 3. The molecule has 2 amide bonds. The largest absolute Gasteiger partial charge is 0.480 e. The Hall–Kier alpha value is -3.92. The minimum absolute atomic E-state index is 0.00500. The molecule has 10 heteroatoms. The summed E-state index contributed by atoms with van der Waals surface area (Å²) < 4.78 is 0. The topological polar surface area (TPSA) is 186 Å². The van der Waals surface area contributed by atoms with E-state index in [1.165, 1.54) is 0 Å². The van der Waals surface area contributed by atoms with E-state index in [0.29, 0.717) is 24.4 Å². The van der Waals surface area contributed by atoms with Gasteiger partial charge in [0, 0.05) is 23.7 Å². The Balaban J connectivity index is 1.59. The number of nitrogens with one attached hydrogen (secondary N) is 2. The number of anilines is 1. The number of carboxylic acids is 1. The lowest BCUT2D eigenvalue weighted by Gasteiger charge is -2.26. The van der Waals surface area contributed by atoms with Crippen LogP contribution in [-0.2, 0) is 9.59 Å². The number of carbonyl (C=O) groups is 3. The first kappa shape index (κ1) is 27.7. The molecule has 1 aliphatic rings. The van der Waals surface area contributed by atoms with Crippen molar-refractivity contribution in [3.05, 3.63) is 54.1 Å². The number of amides is 2. The van der Waals surface area contributed by atoms with Crippen LogP contribution >= 0.6 is 0 Å². The molecule has 3 rings (SSSR count). The SMILES string of the molecule is NCC1CCC(C(=O)Nc2cccc(-c3ccc(C(=O)N[C@@H](CCCN=C(N)N)C(=O)O)cc3)c2)CC1. The first-order valence-electron chi connectivity index (χ1n) is 12.6. The number of aliphatic imine (C=N–C) groups is 1. The van der Waals surface area contributed by atoms with E-state index in [1.807, 2.05) is 24.3 Å². The number of aliphatic carboxylic acids is 1. The summed E-state index contributed by atoms with van der Waals surface area (Å²) in [6.45, 7) is 0.962. The zero-order valence-corrected chi connectivity index (χ0v) is 20.9. The fraction of sp³-hybridized carbons (Fsp3) is 0.407. The molecule has 198 valence electrons. The first-order chi connectivity index (χ1) is 17.8. The summed E-state index contributed by atoms with van der Waals surface area (Å²) >= 11 is 0. The molecule has 10 nitrogen and oxygen atoms in total. The Morgan fingerprint density at radius 3 is 2.32 bits per heavy atom. The second-order valence-corrected chi connectivity index (χ2v) is 9.41. The maximum absolute atomic E-state index is 12.7.